The highest BCUT2D eigenvalue weighted by Gasteiger charge is 2.30. The third-order valence-electron chi connectivity index (χ3n) is 5.54. The number of rotatable bonds is 6. The Kier molecular flexibility index (Phi) is 6.08. The molecule has 1 saturated heterocycles. The fraction of sp³-hybridized carbons (Fsp3) is 0.409. The van der Waals surface area contributed by atoms with Crippen molar-refractivity contribution in [1.29, 1.82) is 0 Å². The Balaban J connectivity index is 1.44. The molecule has 4 rings (SSSR count). The highest BCUT2D eigenvalue weighted by atomic mass is 35.5. The summed E-state index contributed by atoms with van der Waals surface area (Å²) in [6.45, 7) is 4.89. The smallest absolute Gasteiger partial charge is 0.304 e. The van der Waals surface area contributed by atoms with Crippen molar-refractivity contribution in [1.82, 2.24) is 9.03 Å². The maximum Gasteiger partial charge on any atom is 0.304 e. The quantitative estimate of drug-likeness (QED) is 0.676. The van der Waals surface area contributed by atoms with E-state index in [0.29, 0.717) is 13.1 Å². The summed E-state index contributed by atoms with van der Waals surface area (Å²) in [5, 5.41) is 0.000871. The Bertz CT molecular complexity index is 1170. The molecule has 1 amide bonds. The van der Waals surface area contributed by atoms with E-state index in [1.165, 1.54) is 0 Å². The molecule has 1 N–H and O–H groups in total. The van der Waals surface area contributed by atoms with Crippen LogP contribution in [0.1, 0.15) is 48.2 Å². The number of fused-ring (bicyclic) bond motifs is 1. The molecule has 2 heterocycles. The Morgan fingerprint density at radius 1 is 1.28 bits per heavy atom. The number of hydrogen-bond acceptors (Lipinski definition) is 5. The maximum atomic E-state index is 14.6. The molecule has 0 saturated carbocycles. The maximum absolute atomic E-state index is 14.6. The van der Waals surface area contributed by atoms with E-state index in [-0.39, 0.29) is 23.0 Å². The molecule has 10 heteroatoms. The molecule has 1 fully saturated rings. The largest absolute Gasteiger partial charge is 0.488 e. The molecule has 7 nitrogen and oxygen atoms in total. The predicted molar refractivity (Wildman–Crippen MR) is 118 cm³/mol. The molecular weight excluding hydrogens is 459 g/mol. The van der Waals surface area contributed by atoms with Crippen LogP contribution in [0, 0.1) is 5.82 Å². The molecule has 0 aromatic heterocycles. The van der Waals surface area contributed by atoms with E-state index < -0.39 is 27.5 Å². The minimum absolute atomic E-state index is 0.000871. The SMILES string of the molecule is CC1(C)CCc2cc(COc3cc(F)c(C(=O)NS(=O)(=O)N4CCC4)cc3Cl)ccc2O1. The molecule has 0 atom stereocenters. The van der Waals surface area contributed by atoms with E-state index in [1.807, 2.05) is 36.8 Å². The van der Waals surface area contributed by atoms with Gasteiger partial charge in [0.25, 0.3) is 5.91 Å². The van der Waals surface area contributed by atoms with Gasteiger partial charge < -0.3 is 9.47 Å². The molecule has 2 aromatic carbocycles. The van der Waals surface area contributed by atoms with Gasteiger partial charge in [-0.25, -0.2) is 9.11 Å². The van der Waals surface area contributed by atoms with Crippen LogP contribution in [0.5, 0.6) is 11.5 Å². The highest BCUT2D eigenvalue weighted by Crippen LogP contribution is 2.34. The number of halogens is 2. The van der Waals surface area contributed by atoms with E-state index in [0.717, 1.165) is 52.6 Å². The first-order valence-corrected chi connectivity index (χ1v) is 12.1. The van der Waals surface area contributed by atoms with Gasteiger partial charge in [-0.1, -0.05) is 17.7 Å². The van der Waals surface area contributed by atoms with Gasteiger partial charge in [-0.05, 0) is 62.4 Å². The van der Waals surface area contributed by atoms with E-state index in [2.05, 4.69) is 0 Å². The predicted octanol–water partition coefficient (Wildman–Crippen LogP) is 3.84. The second-order valence-corrected chi connectivity index (χ2v) is 10.6. The first kappa shape index (κ1) is 22.8. The van der Waals surface area contributed by atoms with Gasteiger partial charge in [0.1, 0.15) is 29.5 Å². The minimum Gasteiger partial charge on any atom is -0.488 e. The first-order valence-electron chi connectivity index (χ1n) is 10.3. The van der Waals surface area contributed by atoms with Crippen LogP contribution < -0.4 is 14.2 Å². The summed E-state index contributed by atoms with van der Waals surface area (Å²) in [6, 6.07) is 7.79. The number of ether oxygens (including phenoxy) is 2. The average Bonchev–Trinajstić information content (AvgIpc) is 2.65. The van der Waals surface area contributed by atoms with Crippen LogP contribution in [0.3, 0.4) is 0 Å². The molecule has 0 spiro atoms. The van der Waals surface area contributed by atoms with Crippen molar-refractivity contribution < 1.29 is 27.1 Å². The number of nitrogens with zero attached hydrogens (tertiary/aromatic N) is 1. The Hall–Kier alpha value is -2.36. The number of carbonyl (C=O) groups is 1. The van der Waals surface area contributed by atoms with Gasteiger partial charge in [0.2, 0.25) is 0 Å². The summed E-state index contributed by atoms with van der Waals surface area (Å²) in [7, 11) is -3.99. The van der Waals surface area contributed by atoms with Crippen molar-refractivity contribution in [3.05, 3.63) is 57.9 Å². The van der Waals surface area contributed by atoms with E-state index in [4.69, 9.17) is 21.1 Å². The Morgan fingerprint density at radius 3 is 2.72 bits per heavy atom. The van der Waals surface area contributed by atoms with Gasteiger partial charge in [0.05, 0.1) is 10.6 Å². The summed E-state index contributed by atoms with van der Waals surface area (Å²) in [5.41, 5.74) is 1.28. The van der Waals surface area contributed by atoms with Crippen molar-refractivity contribution in [2.24, 2.45) is 0 Å². The average molecular weight is 483 g/mol. The normalized spacial score (nSPS) is 17.6. The Morgan fingerprint density at radius 2 is 2.03 bits per heavy atom. The van der Waals surface area contributed by atoms with Crippen LogP contribution in [0.4, 0.5) is 4.39 Å². The summed E-state index contributed by atoms with van der Waals surface area (Å²) >= 11 is 6.18. The van der Waals surface area contributed by atoms with Crippen molar-refractivity contribution >= 4 is 27.7 Å². The third-order valence-corrected chi connectivity index (χ3v) is 7.33. The van der Waals surface area contributed by atoms with Crippen LogP contribution in [-0.2, 0) is 23.2 Å². The lowest BCUT2D eigenvalue weighted by atomic mass is 9.93. The van der Waals surface area contributed by atoms with Gasteiger partial charge in [-0.3, -0.25) is 4.79 Å². The molecule has 0 bridgehead atoms. The number of amides is 1. The second kappa shape index (κ2) is 8.53. The van der Waals surface area contributed by atoms with Gasteiger partial charge in [-0.2, -0.15) is 12.7 Å². The molecule has 2 aliphatic heterocycles. The number of benzene rings is 2. The Labute approximate surface area is 191 Å². The van der Waals surface area contributed by atoms with Gasteiger partial charge in [0, 0.05) is 19.2 Å². The summed E-state index contributed by atoms with van der Waals surface area (Å²) in [4.78, 5) is 12.3. The third kappa shape index (κ3) is 4.84. The van der Waals surface area contributed by atoms with Crippen molar-refractivity contribution in [3.8, 4) is 11.5 Å². The van der Waals surface area contributed by atoms with Crippen molar-refractivity contribution in [2.45, 2.75) is 45.3 Å². The van der Waals surface area contributed by atoms with E-state index in [9.17, 15) is 17.6 Å². The van der Waals surface area contributed by atoms with Crippen LogP contribution in [-0.4, -0.2) is 37.3 Å². The number of hydrogen-bond donors (Lipinski definition) is 1. The van der Waals surface area contributed by atoms with Gasteiger partial charge in [0.15, 0.2) is 0 Å². The molecular formula is C22H24ClFN2O5S. The van der Waals surface area contributed by atoms with Gasteiger partial charge >= 0.3 is 10.2 Å². The zero-order chi connectivity index (χ0) is 23.1. The number of nitrogens with one attached hydrogen (secondary N) is 1. The van der Waals surface area contributed by atoms with Crippen LogP contribution >= 0.6 is 11.6 Å². The zero-order valence-corrected chi connectivity index (χ0v) is 19.4. The number of carbonyl (C=O) groups excluding carboxylic acids is 1. The lowest BCUT2D eigenvalue weighted by Gasteiger charge is -2.32. The lowest BCUT2D eigenvalue weighted by Crippen LogP contribution is -2.49. The van der Waals surface area contributed by atoms with E-state index in [1.54, 1.807) is 0 Å². The molecule has 32 heavy (non-hydrogen) atoms. The van der Waals surface area contributed by atoms with Crippen molar-refractivity contribution in [3.63, 3.8) is 0 Å². The lowest BCUT2D eigenvalue weighted by molar-refractivity contribution is 0.0845. The van der Waals surface area contributed by atoms with Crippen molar-refractivity contribution in [2.75, 3.05) is 13.1 Å². The molecule has 0 radical (unpaired) electrons. The molecule has 2 aromatic rings. The fourth-order valence-corrected chi connectivity index (χ4v) is 4.97. The summed E-state index contributed by atoms with van der Waals surface area (Å²) in [5.74, 6) is -1.11. The summed E-state index contributed by atoms with van der Waals surface area (Å²) in [6.07, 6.45) is 2.50. The standard InChI is InChI=1S/C22H24ClFN2O5S/c1-22(2)7-6-15-10-14(4-5-19(15)31-22)13-30-20-12-18(24)16(11-17(20)23)21(27)25-32(28,29)26-8-3-9-26/h4-5,10-12H,3,6-9,13H2,1-2H3,(H,25,27). The highest BCUT2D eigenvalue weighted by molar-refractivity contribution is 7.87. The summed E-state index contributed by atoms with van der Waals surface area (Å²) < 4.78 is 53.3. The van der Waals surface area contributed by atoms with Crippen LogP contribution in [0.25, 0.3) is 0 Å². The topological polar surface area (TPSA) is 84.9 Å². The van der Waals surface area contributed by atoms with Gasteiger partial charge in [-0.15, -0.1) is 0 Å². The monoisotopic (exact) mass is 482 g/mol. The van der Waals surface area contributed by atoms with Crippen LogP contribution in [0.15, 0.2) is 30.3 Å². The van der Waals surface area contributed by atoms with E-state index >= 15 is 0 Å². The molecule has 172 valence electrons. The minimum atomic E-state index is -3.99. The number of aryl methyl sites for hydroxylation is 1. The molecule has 0 aliphatic carbocycles. The zero-order valence-electron chi connectivity index (χ0n) is 17.8. The fourth-order valence-electron chi connectivity index (χ4n) is 3.54. The molecule has 2 aliphatic rings. The van der Waals surface area contributed by atoms with Crippen LogP contribution in [0.2, 0.25) is 5.02 Å². The first-order chi connectivity index (χ1) is 15.0. The molecule has 0 unspecified atom stereocenters. The second-order valence-electron chi connectivity index (χ2n) is 8.54.